The number of aryl methyl sites for hydroxylation is 1. The van der Waals surface area contributed by atoms with Crippen LogP contribution >= 0.6 is 0 Å². The second-order valence-corrected chi connectivity index (χ2v) is 4.94. The third kappa shape index (κ3) is 3.85. The molecule has 0 heterocycles. The molecule has 1 rings (SSSR count). The van der Waals surface area contributed by atoms with E-state index in [1.165, 1.54) is 0 Å². The molecule has 3 heteroatoms. The predicted octanol–water partition coefficient (Wildman–Crippen LogP) is 2.57. The monoisotopic (exact) mass is 272 g/mol. The smallest absolute Gasteiger partial charge is 0.255 e. The number of carbonyl (C=O) groups is 1. The number of amides is 1. The average molecular weight is 272 g/mol. The molecule has 0 aromatic heterocycles. The maximum Gasteiger partial charge on any atom is 0.255 e. The average Bonchev–Trinajstić information content (AvgIpc) is 2.45. The van der Waals surface area contributed by atoms with Crippen molar-refractivity contribution in [3.8, 4) is 11.8 Å². The van der Waals surface area contributed by atoms with Gasteiger partial charge in [-0.05, 0) is 37.5 Å². The standard InChI is InChI=1S/C17H24N2O/c1-5-15(6-2)19(4)17(20)16-10-9-13(3)12-14(16)8-7-11-18/h9-10,12,15H,5-6,11,18H2,1-4H3. The summed E-state index contributed by atoms with van der Waals surface area (Å²) in [5, 5.41) is 0. The second-order valence-electron chi connectivity index (χ2n) is 4.94. The van der Waals surface area contributed by atoms with E-state index >= 15 is 0 Å². The van der Waals surface area contributed by atoms with Crippen molar-refractivity contribution in [1.82, 2.24) is 4.90 Å². The summed E-state index contributed by atoms with van der Waals surface area (Å²) in [4.78, 5) is 14.4. The summed E-state index contributed by atoms with van der Waals surface area (Å²) in [6.45, 7) is 6.49. The molecule has 108 valence electrons. The lowest BCUT2D eigenvalue weighted by Gasteiger charge is -2.26. The van der Waals surface area contributed by atoms with Gasteiger partial charge in [-0.3, -0.25) is 4.79 Å². The Morgan fingerprint density at radius 2 is 2.00 bits per heavy atom. The number of nitrogens with two attached hydrogens (primary N) is 1. The maximum atomic E-state index is 12.6. The number of benzene rings is 1. The van der Waals surface area contributed by atoms with Gasteiger partial charge in [-0.2, -0.15) is 0 Å². The van der Waals surface area contributed by atoms with Gasteiger partial charge in [0.05, 0.1) is 12.1 Å². The normalized spacial score (nSPS) is 10.1. The topological polar surface area (TPSA) is 46.3 Å². The van der Waals surface area contributed by atoms with Crippen molar-refractivity contribution in [3.63, 3.8) is 0 Å². The molecule has 0 unspecified atom stereocenters. The van der Waals surface area contributed by atoms with Crippen LogP contribution in [-0.2, 0) is 0 Å². The first kappa shape index (κ1) is 16.3. The zero-order valence-corrected chi connectivity index (χ0v) is 12.9. The highest BCUT2D eigenvalue weighted by atomic mass is 16.2. The molecule has 0 fully saturated rings. The minimum Gasteiger partial charge on any atom is -0.339 e. The van der Waals surface area contributed by atoms with Crippen LogP contribution in [0.1, 0.15) is 48.2 Å². The molecule has 20 heavy (non-hydrogen) atoms. The molecule has 0 saturated heterocycles. The van der Waals surface area contributed by atoms with Crippen molar-refractivity contribution in [1.29, 1.82) is 0 Å². The number of rotatable bonds is 4. The van der Waals surface area contributed by atoms with Gasteiger partial charge < -0.3 is 10.6 Å². The van der Waals surface area contributed by atoms with Crippen molar-refractivity contribution in [3.05, 3.63) is 34.9 Å². The summed E-state index contributed by atoms with van der Waals surface area (Å²) < 4.78 is 0. The highest BCUT2D eigenvalue weighted by molar-refractivity contribution is 5.96. The van der Waals surface area contributed by atoms with Crippen LogP contribution in [-0.4, -0.2) is 30.4 Å². The fraction of sp³-hybridized carbons (Fsp3) is 0.471. The fourth-order valence-corrected chi connectivity index (χ4v) is 2.29. The predicted molar refractivity (Wildman–Crippen MR) is 83.6 cm³/mol. The van der Waals surface area contributed by atoms with Crippen molar-refractivity contribution < 1.29 is 4.79 Å². The Hall–Kier alpha value is -1.79. The van der Waals surface area contributed by atoms with E-state index < -0.39 is 0 Å². The Bertz CT molecular complexity index is 522. The number of carbonyl (C=O) groups excluding carboxylic acids is 1. The highest BCUT2D eigenvalue weighted by Gasteiger charge is 2.20. The van der Waals surface area contributed by atoms with Gasteiger partial charge in [-0.15, -0.1) is 0 Å². The molecular weight excluding hydrogens is 248 g/mol. The molecule has 0 spiro atoms. The summed E-state index contributed by atoms with van der Waals surface area (Å²) in [6, 6.07) is 6.01. The highest BCUT2D eigenvalue weighted by Crippen LogP contribution is 2.16. The van der Waals surface area contributed by atoms with Gasteiger partial charge in [-0.1, -0.05) is 31.8 Å². The second kappa shape index (κ2) is 7.72. The number of hydrogen-bond acceptors (Lipinski definition) is 2. The fourth-order valence-electron chi connectivity index (χ4n) is 2.29. The Morgan fingerprint density at radius 3 is 2.55 bits per heavy atom. The molecule has 0 aliphatic heterocycles. The van der Waals surface area contributed by atoms with Gasteiger partial charge in [0.1, 0.15) is 0 Å². The lowest BCUT2D eigenvalue weighted by molar-refractivity contribution is 0.0723. The summed E-state index contributed by atoms with van der Waals surface area (Å²) in [5.74, 6) is 5.86. The van der Waals surface area contributed by atoms with Crippen LogP contribution in [0.3, 0.4) is 0 Å². The van der Waals surface area contributed by atoms with E-state index in [1.54, 1.807) is 0 Å². The summed E-state index contributed by atoms with van der Waals surface area (Å²) in [5.41, 5.74) is 7.93. The molecule has 0 radical (unpaired) electrons. The van der Waals surface area contributed by atoms with Gasteiger partial charge in [0.2, 0.25) is 0 Å². The molecule has 0 bridgehead atoms. The first-order valence-electron chi connectivity index (χ1n) is 7.11. The summed E-state index contributed by atoms with van der Waals surface area (Å²) >= 11 is 0. The Kier molecular flexibility index (Phi) is 6.27. The Balaban J connectivity index is 3.15. The van der Waals surface area contributed by atoms with Gasteiger partial charge in [0, 0.05) is 18.7 Å². The molecule has 0 aliphatic rings. The van der Waals surface area contributed by atoms with Crippen molar-refractivity contribution in [2.45, 2.75) is 39.7 Å². The molecule has 0 atom stereocenters. The molecular formula is C17H24N2O. The SMILES string of the molecule is CCC(CC)N(C)C(=O)c1ccc(C)cc1C#CCN. The number of hydrogen-bond donors (Lipinski definition) is 1. The van der Waals surface area contributed by atoms with Crippen LogP contribution in [0.4, 0.5) is 0 Å². The molecule has 1 amide bonds. The van der Waals surface area contributed by atoms with Crippen LogP contribution in [0.25, 0.3) is 0 Å². The molecule has 1 aromatic carbocycles. The van der Waals surface area contributed by atoms with Crippen molar-refractivity contribution in [2.24, 2.45) is 5.73 Å². The summed E-state index contributed by atoms with van der Waals surface area (Å²) in [7, 11) is 1.86. The maximum absolute atomic E-state index is 12.6. The molecule has 1 aromatic rings. The van der Waals surface area contributed by atoms with E-state index in [-0.39, 0.29) is 11.9 Å². The van der Waals surface area contributed by atoms with Crippen LogP contribution in [0.15, 0.2) is 18.2 Å². The van der Waals surface area contributed by atoms with E-state index in [4.69, 9.17) is 5.73 Å². The largest absolute Gasteiger partial charge is 0.339 e. The minimum atomic E-state index is 0.0278. The molecule has 2 N–H and O–H groups in total. The first-order chi connectivity index (χ1) is 9.54. The third-order valence-electron chi connectivity index (χ3n) is 3.54. The van der Waals surface area contributed by atoms with Crippen molar-refractivity contribution >= 4 is 5.91 Å². The van der Waals surface area contributed by atoms with Gasteiger partial charge in [0.15, 0.2) is 0 Å². The van der Waals surface area contributed by atoms with Gasteiger partial charge in [0.25, 0.3) is 5.91 Å². The Morgan fingerprint density at radius 1 is 1.35 bits per heavy atom. The van der Waals surface area contributed by atoms with E-state index in [2.05, 4.69) is 25.7 Å². The van der Waals surface area contributed by atoms with Crippen LogP contribution in [0, 0.1) is 18.8 Å². The number of nitrogens with zero attached hydrogens (tertiary/aromatic N) is 1. The van der Waals surface area contributed by atoms with E-state index in [1.807, 2.05) is 37.1 Å². The third-order valence-corrected chi connectivity index (χ3v) is 3.54. The van der Waals surface area contributed by atoms with Crippen LogP contribution in [0.2, 0.25) is 0 Å². The zero-order valence-electron chi connectivity index (χ0n) is 12.9. The molecule has 0 saturated carbocycles. The lowest BCUT2D eigenvalue weighted by atomic mass is 10.0. The van der Waals surface area contributed by atoms with Gasteiger partial charge >= 0.3 is 0 Å². The molecule has 3 nitrogen and oxygen atoms in total. The quantitative estimate of drug-likeness (QED) is 0.856. The van der Waals surface area contributed by atoms with Crippen LogP contribution < -0.4 is 5.73 Å². The van der Waals surface area contributed by atoms with E-state index in [9.17, 15) is 4.79 Å². The first-order valence-corrected chi connectivity index (χ1v) is 7.11. The Labute approximate surface area is 122 Å². The van der Waals surface area contributed by atoms with E-state index in [0.717, 1.165) is 24.0 Å². The van der Waals surface area contributed by atoms with E-state index in [0.29, 0.717) is 12.1 Å². The molecule has 0 aliphatic carbocycles. The minimum absolute atomic E-state index is 0.0278. The zero-order chi connectivity index (χ0) is 15.1. The lowest BCUT2D eigenvalue weighted by Crippen LogP contribution is -2.36. The van der Waals surface area contributed by atoms with Gasteiger partial charge in [-0.25, -0.2) is 0 Å². The van der Waals surface area contributed by atoms with Crippen LogP contribution in [0.5, 0.6) is 0 Å². The van der Waals surface area contributed by atoms with Crippen molar-refractivity contribution in [2.75, 3.05) is 13.6 Å². The summed E-state index contributed by atoms with van der Waals surface area (Å²) in [6.07, 6.45) is 1.91.